The minimum absolute atomic E-state index is 0.0923. The second kappa shape index (κ2) is 9.67. The summed E-state index contributed by atoms with van der Waals surface area (Å²) in [5.41, 5.74) is -1.36. The van der Waals surface area contributed by atoms with Gasteiger partial charge in [0, 0.05) is 29.3 Å². The van der Waals surface area contributed by atoms with E-state index in [4.69, 9.17) is 9.47 Å². The van der Waals surface area contributed by atoms with E-state index < -0.39 is 17.7 Å². The Morgan fingerprint density at radius 3 is 2.77 bits per heavy atom. The molecule has 0 bridgehead atoms. The number of fused-ring (bicyclic) bond motifs is 1. The van der Waals surface area contributed by atoms with Gasteiger partial charge < -0.3 is 25.2 Å². The number of ether oxygens (including phenoxy) is 2. The van der Waals surface area contributed by atoms with Crippen LogP contribution in [-0.4, -0.2) is 43.4 Å². The molecule has 1 atom stereocenters. The number of nitrogens with zero attached hydrogens (tertiary/aromatic N) is 1. The second-order valence-corrected chi connectivity index (χ2v) is 8.27. The number of amides is 3. The average Bonchev–Trinajstić information content (AvgIpc) is 2.74. The molecule has 1 aliphatic rings. The van der Waals surface area contributed by atoms with Crippen LogP contribution in [-0.2, 0) is 15.3 Å². The number of halogens is 1. The van der Waals surface area contributed by atoms with Gasteiger partial charge in [-0.15, -0.1) is 0 Å². The van der Waals surface area contributed by atoms with Gasteiger partial charge in [0.2, 0.25) is 0 Å². The molecule has 1 aliphatic heterocycles. The number of nitrogens with one attached hydrogen (secondary N) is 2. The van der Waals surface area contributed by atoms with Crippen LogP contribution in [0.15, 0.2) is 46.9 Å². The summed E-state index contributed by atoms with van der Waals surface area (Å²) in [6.45, 7) is 4.62. The predicted octanol–water partition coefficient (Wildman–Crippen LogP) is 3.59. The number of urea groups is 1. The number of carbonyl (C=O) groups is 2. The van der Waals surface area contributed by atoms with Crippen molar-refractivity contribution >= 4 is 39.2 Å². The highest BCUT2D eigenvalue weighted by molar-refractivity contribution is 9.10. The van der Waals surface area contributed by atoms with Gasteiger partial charge in [-0.25, -0.2) is 4.79 Å². The summed E-state index contributed by atoms with van der Waals surface area (Å²) in [6.07, 6.45) is 0.658. The molecule has 0 aliphatic carbocycles. The van der Waals surface area contributed by atoms with Crippen LogP contribution in [0.25, 0.3) is 0 Å². The van der Waals surface area contributed by atoms with Gasteiger partial charge >= 0.3 is 6.03 Å². The number of aliphatic hydroxyl groups is 1. The molecule has 8 nitrogen and oxygen atoms in total. The number of carbonyl (C=O) groups excluding carboxylic acids is 2. The van der Waals surface area contributed by atoms with E-state index in [9.17, 15) is 14.7 Å². The highest BCUT2D eigenvalue weighted by Gasteiger charge is 2.52. The van der Waals surface area contributed by atoms with E-state index in [1.54, 1.807) is 42.5 Å². The first-order valence-electron chi connectivity index (χ1n) is 9.95. The van der Waals surface area contributed by atoms with E-state index in [1.165, 1.54) is 7.11 Å². The minimum Gasteiger partial charge on any atom is -0.497 e. The van der Waals surface area contributed by atoms with Gasteiger partial charge in [-0.05, 0) is 50.6 Å². The number of benzene rings is 2. The predicted molar refractivity (Wildman–Crippen MR) is 121 cm³/mol. The molecule has 0 fully saturated rings. The van der Waals surface area contributed by atoms with Gasteiger partial charge in [0.05, 0.1) is 24.6 Å². The maximum atomic E-state index is 13.3. The number of anilines is 2. The van der Waals surface area contributed by atoms with E-state index in [0.717, 1.165) is 4.90 Å². The van der Waals surface area contributed by atoms with Gasteiger partial charge in [-0.2, -0.15) is 0 Å². The highest BCUT2D eigenvalue weighted by Crippen LogP contribution is 2.41. The zero-order chi connectivity index (χ0) is 22.6. The lowest BCUT2D eigenvalue weighted by molar-refractivity contribution is -0.140. The third-order valence-corrected chi connectivity index (χ3v) is 5.30. The summed E-state index contributed by atoms with van der Waals surface area (Å²) in [4.78, 5) is 27.4. The van der Waals surface area contributed by atoms with Crippen molar-refractivity contribution in [3.05, 3.63) is 52.5 Å². The zero-order valence-corrected chi connectivity index (χ0v) is 19.2. The maximum Gasteiger partial charge on any atom is 0.329 e. The standard InChI is InChI=1S/C22H26BrN3O5/c1-14(2)31-11-5-10-24-20(27)22(29)18-12-15(23)8-9-19(18)25-21(28)26(22)16-6-4-7-17(13-16)30-3/h4,6-9,12-14,29H,5,10-11H2,1-3H3,(H,24,27)(H,25,28)/t22-/m1/s1. The highest BCUT2D eigenvalue weighted by atomic mass is 79.9. The monoisotopic (exact) mass is 491 g/mol. The van der Waals surface area contributed by atoms with Crippen molar-refractivity contribution in [1.82, 2.24) is 5.32 Å². The maximum absolute atomic E-state index is 13.3. The topological polar surface area (TPSA) is 100 Å². The second-order valence-electron chi connectivity index (χ2n) is 7.36. The smallest absolute Gasteiger partial charge is 0.329 e. The molecule has 31 heavy (non-hydrogen) atoms. The first-order chi connectivity index (χ1) is 14.8. The van der Waals surface area contributed by atoms with E-state index in [0.29, 0.717) is 34.6 Å². The Bertz CT molecular complexity index is 968. The summed E-state index contributed by atoms with van der Waals surface area (Å²) < 4.78 is 11.4. The molecule has 3 N–H and O–H groups in total. The summed E-state index contributed by atoms with van der Waals surface area (Å²) in [7, 11) is 1.50. The van der Waals surface area contributed by atoms with E-state index in [1.807, 2.05) is 13.8 Å². The first kappa shape index (κ1) is 23.1. The zero-order valence-electron chi connectivity index (χ0n) is 17.6. The lowest BCUT2D eigenvalue weighted by atomic mass is 9.94. The van der Waals surface area contributed by atoms with Crippen LogP contribution in [0.1, 0.15) is 25.8 Å². The Morgan fingerprint density at radius 1 is 1.29 bits per heavy atom. The SMILES string of the molecule is COc1cccc(N2C(=O)Nc3ccc(Br)cc3[C@@]2(O)C(=O)NCCCOC(C)C)c1. The average molecular weight is 492 g/mol. The third-order valence-electron chi connectivity index (χ3n) is 4.81. The summed E-state index contributed by atoms with van der Waals surface area (Å²) in [5, 5.41) is 17.2. The van der Waals surface area contributed by atoms with Gasteiger partial charge in [0.1, 0.15) is 5.75 Å². The van der Waals surface area contributed by atoms with Crippen molar-refractivity contribution in [1.29, 1.82) is 0 Å². The van der Waals surface area contributed by atoms with Crippen molar-refractivity contribution in [2.24, 2.45) is 0 Å². The van der Waals surface area contributed by atoms with Crippen molar-refractivity contribution in [3.63, 3.8) is 0 Å². The van der Waals surface area contributed by atoms with Crippen LogP contribution in [0.3, 0.4) is 0 Å². The number of methoxy groups -OCH3 is 1. The molecular weight excluding hydrogens is 466 g/mol. The molecule has 2 aromatic carbocycles. The molecule has 2 aromatic rings. The Kier molecular flexibility index (Phi) is 7.19. The Labute approximate surface area is 189 Å². The number of hydrogen-bond acceptors (Lipinski definition) is 5. The van der Waals surface area contributed by atoms with E-state index in [-0.39, 0.29) is 18.2 Å². The van der Waals surface area contributed by atoms with Gasteiger partial charge in [-0.1, -0.05) is 22.0 Å². The normalized spacial score (nSPS) is 17.9. The quantitative estimate of drug-likeness (QED) is 0.490. The van der Waals surface area contributed by atoms with Crippen LogP contribution >= 0.6 is 15.9 Å². The Balaban J connectivity index is 1.98. The molecule has 166 valence electrons. The van der Waals surface area contributed by atoms with Crippen molar-refractivity contribution in [2.75, 3.05) is 30.5 Å². The van der Waals surface area contributed by atoms with Crippen LogP contribution < -0.4 is 20.3 Å². The molecule has 0 saturated heterocycles. The molecular formula is C22H26BrN3O5. The third kappa shape index (κ3) is 4.84. The fourth-order valence-electron chi connectivity index (χ4n) is 3.35. The molecule has 0 saturated carbocycles. The van der Waals surface area contributed by atoms with Crippen molar-refractivity contribution < 1.29 is 24.2 Å². The van der Waals surface area contributed by atoms with Crippen LogP contribution in [0, 0.1) is 0 Å². The molecule has 1 heterocycles. The molecule has 0 spiro atoms. The molecule has 3 amide bonds. The van der Waals surface area contributed by atoms with Gasteiger partial charge in [0.15, 0.2) is 0 Å². The minimum atomic E-state index is -2.27. The lowest BCUT2D eigenvalue weighted by Gasteiger charge is -2.42. The number of hydrogen-bond donors (Lipinski definition) is 3. The van der Waals surface area contributed by atoms with E-state index >= 15 is 0 Å². The van der Waals surface area contributed by atoms with Crippen molar-refractivity contribution in [3.8, 4) is 5.75 Å². The van der Waals surface area contributed by atoms with Crippen molar-refractivity contribution in [2.45, 2.75) is 32.1 Å². The van der Waals surface area contributed by atoms with Gasteiger partial charge in [0.25, 0.3) is 11.6 Å². The summed E-state index contributed by atoms with van der Waals surface area (Å²) >= 11 is 3.38. The largest absolute Gasteiger partial charge is 0.497 e. The molecule has 3 rings (SSSR count). The van der Waals surface area contributed by atoms with Gasteiger partial charge in [-0.3, -0.25) is 9.69 Å². The molecule has 0 unspecified atom stereocenters. The first-order valence-corrected chi connectivity index (χ1v) is 10.7. The Morgan fingerprint density at radius 2 is 2.06 bits per heavy atom. The number of rotatable bonds is 8. The summed E-state index contributed by atoms with van der Waals surface area (Å²) in [5.74, 6) is -0.229. The van der Waals surface area contributed by atoms with E-state index in [2.05, 4.69) is 26.6 Å². The molecule has 9 heteroatoms. The Hall–Kier alpha value is -2.62. The van der Waals surface area contributed by atoms with Crippen LogP contribution in [0.2, 0.25) is 0 Å². The lowest BCUT2D eigenvalue weighted by Crippen LogP contribution is -2.62. The van der Waals surface area contributed by atoms with Crippen LogP contribution in [0.4, 0.5) is 16.2 Å². The fraction of sp³-hybridized carbons (Fsp3) is 0.364. The molecule has 0 aromatic heterocycles. The molecule has 0 radical (unpaired) electrons. The fourth-order valence-corrected chi connectivity index (χ4v) is 3.71. The van der Waals surface area contributed by atoms with Crippen LogP contribution in [0.5, 0.6) is 5.75 Å². The summed E-state index contributed by atoms with van der Waals surface area (Å²) in [6, 6.07) is 10.9.